The van der Waals surface area contributed by atoms with Crippen LogP contribution in [0.25, 0.3) is 0 Å². The lowest BCUT2D eigenvalue weighted by Crippen LogP contribution is -2.50. The van der Waals surface area contributed by atoms with Crippen LogP contribution in [0.3, 0.4) is 0 Å². The number of morpholine rings is 1. The number of nitrogens with zero attached hydrogens (tertiary/aromatic N) is 1. The average molecular weight is 272 g/mol. The van der Waals surface area contributed by atoms with E-state index in [4.69, 9.17) is 9.84 Å². The van der Waals surface area contributed by atoms with Crippen molar-refractivity contribution >= 4 is 12.0 Å². The zero-order valence-corrected chi connectivity index (χ0v) is 11.9. The van der Waals surface area contributed by atoms with Gasteiger partial charge in [0.05, 0.1) is 19.6 Å². The van der Waals surface area contributed by atoms with Gasteiger partial charge in [-0.2, -0.15) is 0 Å². The Kier molecular flexibility index (Phi) is 5.60. The molecule has 6 heteroatoms. The van der Waals surface area contributed by atoms with Crippen LogP contribution in [-0.2, 0) is 9.53 Å². The second kappa shape index (κ2) is 6.75. The van der Waals surface area contributed by atoms with Gasteiger partial charge in [-0.1, -0.05) is 20.8 Å². The third kappa shape index (κ3) is 6.42. The number of aliphatic carboxylic acids is 1. The van der Waals surface area contributed by atoms with E-state index < -0.39 is 5.97 Å². The zero-order valence-electron chi connectivity index (χ0n) is 11.9. The van der Waals surface area contributed by atoms with Crippen LogP contribution in [-0.4, -0.2) is 54.4 Å². The first kappa shape index (κ1) is 15.8. The minimum atomic E-state index is -0.892. The van der Waals surface area contributed by atoms with Crippen molar-refractivity contribution in [1.82, 2.24) is 10.2 Å². The van der Waals surface area contributed by atoms with Gasteiger partial charge in [-0.15, -0.1) is 0 Å². The molecule has 0 aromatic rings. The van der Waals surface area contributed by atoms with Crippen LogP contribution in [0.2, 0.25) is 0 Å². The Labute approximate surface area is 114 Å². The van der Waals surface area contributed by atoms with Crippen LogP contribution in [0.1, 0.15) is 33.6 Å². The second-order valence-corrected chi connectivity index (χ2v) is 6.11. The molecule has 1 unspecified atom stereocenters. The predicted octanol–water partition coefficient (Wildman–Crippen LogP) is 1.31. The van der Waals surface area contributed by atoms with E-state index in [0.717, 1.165) is 0 Å². The molecule has 0 radical (unpaired) electrons. The van der Waals surface area contributed by atoms with E-state index >= 15 is 0 Å². The number of carbonyl (C=O) groups is 2. The quantitative estimate of drug-likeness (QED) is 0.808. The maximum Gasteiger partial charge on any atom is 0.317 e. The SMILES string of the molecule is CC(C)(C)CC(CC(=O)O)NC(=O)N1CCOCC1. The average Bonchev–Trinajstić information content (AvgIpc) is 2.26. The third-order valence-electron chi connectivity index (χ3n) is 2.91. The Balaban J connectivity index is 2.54. The molecule has 1 atom stereocenters. The number of amides is 2. The van der Waals surface area contributed by atoms with Crippen molar-refractivity contribution in [2.24, 2.45) is 5.41 Å². The second-order valence-electron chi connectivity index (χ2n) is 6.11. The molecule has 0 saturated carbocycles. The number of rotatable bonds is 4. The molecule has 110 valence electrons. The Bertz CT molecular complexity index is 319. The molecule has 1 aliphatic rings. The van der Waals surface area contributed by atoms with Crippen LogP contribution in [0.4, 0.5) is 4.79 Å². The van der Waals surface area contributed by atoms with Crippen molar-refractivity contribution in [3.63, 3.8) is 0 Å². The number of ether oxygens (including phenoxy) is 1. The Hall–Kier alpha value is -1.30. The highest BCUT2D eigenvalue weighted by atomic mass is 16.5. The topological polar surface area (TPSA) is 78.9 Å². The summed E-state index contributed by atoms with van der Waals surface area (Å²) < 4.78 is 5.18. The molecule has 0 aliphatic carbocycles. The molecule has 0 aromatic heterocycles. The van der Waals surface area contributed by atoms with Crippen LogP contribution < -0.4 is 5.32 Å². The summed E-state index contributed by atoms with van der Waals surface area (Å²) in [7, 11) is 0. The lowest BCUT2D eigenvalue weighted by atomic mass is 9.87. The maximum absolute atomic E-state index is 12.0. The van der Waals surface area contributed by atoms with Crippen LogP contribution in [0, 0.1) is 5.41 Å². The van der Waals surface area contributed by atoms with E-state index in [1.54, 1.807) is 4.90 Å². The number of carbonyl (C=O) groups excluding carboxylic acids is 1. The van der Waals surface area contributed by atoms with E-state index in [-0.39, 0.29) is 23.9 Å². The Morgan fingerprint density at radius 3 is 2.37 bits per heavy atom. The number of hydrogen-bond acceptors (Lipinski definition) is 3. The van der Waals surface area contributed by atoms with E-state index in [9.17, 15) is 9.59 Å². The molecule has 1 heterocycles. The molecule has 0 aromatic carbocycles. The van der Waals surface area contributed by atoms with Gasteiger partial charge < -0.3 is 20.1 Å². The summed E-state index contributed by atoms with van der Waals surface area (Å²) in [4.78, 5) is 24.6. The Morgan fingerprint density at radius 1 is 1.32 bits per heavy atom. The van der Waals surface area contributed by atoms with Gasteiger partial charge >= 0.3 is 12.0 Å². The highest BCUT2D eigenvalue weighted by Gasteiger charge is 2.25. The molecule has 1 saturated heterocycles. The summed E-state index contributed by atoms with van der Waals surface area (Å²) in [5, 5.41) is 11.7. The van der Waals surface area contributed by atoms with Crippen molar-refractivity contribution in [3.05, 3.63) is 0 Å². The predicted molar refractivity (Wildman–Crippen MR) is 71.0 cm³/mol. The number of hydrogen-bond donors (Lipinski definition) is 2. The van der Waals surface area contributed by atoms with Crippen LogP contribution in [0.15, 0.2) is 0 Å². The summed E-state index contributed by atoms with van der Waals surface area (Å²) in [6.45, 7) is 8.28. The third-order valence-corrected chi connectivity index (χ3v) is 2.91. The summed E-state index contributed by atoms with van der Waals surface area (Å²) in [6, 6.07) is -0.536. The summed E-state index contributed by atoms with van der Waals surface area (Å²) in [5.41, 5.74) is -0.0294. The highest BCUT2D eigenvalue weighted by molar-refractivity contribution is 5.76. The maximum atomic E-state index is 12.0. The molecular weight excluding hydrogens is 248 g/mol. The fraction of sp³-hybridized carbons (Fsp3) is 0.846. The van der Waals surface area contributed by atoms with Gasteiger partial charge in [0, 0.05) is 19.1 Å². The van der Waals surface area contributed by atoms with Gasteiger partial charge in [0.15, 0.2) is 0 Å². The lowest BCUT2D eigenvalue weighted by molar-refractivity contribution is -0.137. The molecule has 0 spiro atoms. The Morgan fingerprint density at radius 2 is 1.89 bits per heavy atom. The van der Waals surface area contributed by atoms with Crippen molar-refractivity contribution in [2.75, 3.05) is 26.3 Å². The zero-order chi connectivity index (χ0) is 14.5. The van der Waals surface area contributed by atoms with Gasteiger partial charge in [-0.05, 0) is 11.8 Å². The number of nitrogens with one attached hydrogen (secondary N) is 1. The van der Waals surface area contributed by atoms with Crippen LogP contribution >= 0.6 is 0 Å². The molecule has 2 amide bonds. The summed E-state index contributed by atoms with van der Waals surface area (Å²) in [6.07, 6.45) is 0.586. The monoisotopic (exact) mass is 272 g/mol. The normalized spacial score (nSPS) is 17.9. The molecule has 1 aliphatic heterocycles. The first-order valence-corrected chi connectivity index (χ1v) is 6.63. The fourth-order valence-electron chi connectivity index (χ4n) is 2.16. The van der Waals surface area contributed by atoms with E-state index in [1.165, 1.54) is 0 Å². The number of urea groups is 1. The molecule has 1 fully saturated rings. The van der Waals surface area contributed by atoms with Gasteiger partial charge in [0.2, 0.25) is 0 Å². The fourth-order valence-corrected chi connectivity index (χ4v) is 2.16. The molecule has 19 heavy (non-hydrogen) atoms. The summed E-state index contributed by atoms with van der Waals surface area (Å²) in [5.74, 6) is -0.892. The van der Waals surface area contributed by atoms with Gasteiger partial charge in [-0.25, -0.2) is 4.79 Å². The van der Waals surface area contributed by atoms with Gasteiger partial charge in [-0.3, -0.25) is 4.79 Å². The molecule has 1 rings (SSSR count). The largest absolute Gasteiger partial charge is 0.481 e. The van der Waals surface area contributed by atoms with Gasteiger partial charge in [0.1, 0.15) is 0 Å². The smallest absolute Gasteiger partial charge is 0.317 e. The van der Waals surface area contributed by atoms with Crippen molar-refractivity contribution in [1.29, 1.82) is 0 Å². The standard InChI is InChI=1S/C13H24N2O4/c1-13(2,3)9-10(8-11(16)17)14-12(18)15-4-6-19-7-5-15/h10H,4-9H2,1-3H3,(H,14,18)(H,16,17). The van der Waals surface area contributed by atoms with Crippen molar-refractivity contribution in [3.8, 4) is 0 Å². The van der Waals surface area contributed by atoms with E-state index in [2.05, 4.69) is 5.32 Å². The van der Waals surface area contributed by atoms with E-state index in [1.807, 2.05) is 20.8 Å². The molecule has 2 N–H and O–H groups in total. The van der Waals surface area contributed by atoms with Crippen molar-refractivity contribution < 1.29 is 19.4 Å². The minimum Gasteiger partial charge on any atom is -0.481 e. The molecule has 6 nitrogen and oxygen atoms in total. The lowest BCUT2D eigenvalue weighted by Gasteiger charge is -2.31. The summed E-state index contributed by atoms with van der Waals surface area (Å²) >= 11 is 0. The number of carboxylic acid groups (broad SMARTS) is 1. The first-order valence-electron chi connectivity index (χ1n) is 6.63. The highest BCUT2D eigenvalue weighted by Crippen LogP contribution is 2.22. The molecular formula is C13H24N2O4. The minimum absolute atomic E-state index is 0.0294. The van der Waals surface area contributed by atoms with Crippen molar-refractivity contribution in [2.45, 2.75) is 39.7 Å². The number of carboxylic acids is 1. The van der Waals surface area contributed by atoms with E-state index in [0.29, 0.717) is 32.7 Å². The molecule has 0 bridgehead atoms. The first-order chi connectivity index (χ1) is 8.78. The van der Waals surface area contributed by atoms with Crippen LogP contribution in [0.5, 0.6) is 0 Å². The van der Waals surface area contributed by atoms with Gasteiger partial charge in [0.25, 0.3) is 0 Å².